The van der Waals surface area contributed by atoms with Crippen LogP contribution in [0.4, 0.5) is 10.5 Å². The highest BCUT2D eigenvalue weighted by Crippen LogP contribution is 2.70. The second-order valence-electron chi connectivity index (χ2n) is 7.71. The van der Waals surface area contributed by atoms with Crippen molar-refractivity contribution in [2.45, 2.75) is 65.4 Å². The first kappa shape index (κ1) is 24.1. The quantitative estimate of drug-likeness (QED) is 0.348. The molecule has 0 radical (unpaired) electrons. The first-order chi connectivity index (χ1) is 13.1. The van der Waals surface area contributed by atoms with Gasteiger partial charge in [0.1, 0.15) is 5.57 Å². The summed E-state index contributed by atoms with van der Waals surface area (Å²) in [6.45, 7) is 15.0. The summed E-state index contributed by atoms with van der Waals surface area (Å²) in [6.07, 6.45) is -0.237. The minimum Gasteiger partial charge on any atom is -0.449 e. The zero-order chi connectivity index (χ0) is 21.5. The lowest BCUT2D eigenvalue weighted by Crippen LogP contribution is -2.40. The summed E-state index contributed by atoms with van der Waals surface area (Å²) in [5.41, 5.74) is 1.87. The van der Waals surface area contributed by atoms with E-state index in [2.05, 4.69) is 47.4 Å². The summed E-state index contributed by atoms with van der Waals surface area (Å²) in [6, 6.07) is 8.71. The van der Waals surface area contributed by atoms with Crippen LogP contribution in [0, 0.1) is 5.41 Å². The van der Waals surface area contributed by atoms with E-state index >= 15 is 0 Å². The van der Waals surface area contributed by atoms with Gasteiger partial charge in [0.15, 0.2) is 0 Å². The zero-order valence-electron chi connectivity index (χ0n) is 18.2. The summed E-state index contributed by atoms with van der Waals surface area (Å²) < 4.78 is 5.12. The van der Waals surface area contributed by atoms with Crippen molar-refractivity contribution in [1.29, 1.82) is 5.41 Å². The number of carbonyl (C=O) groups is 2. The normalized spacial score (nSPS) is 11.5. The van der Waals surface area contributed by atoms with Gasteiger partial charge in [0.25, 0.3) is 5.91 Å². The van der Waals surface area contributed by atoms with Crippen LogP contribution in [0.1, 0.15) is 48.5 Å². The number of nitrogens with zero attached hydrogens (tertiary/aromatic N) is 1. The maximum absolute atomic E-state index is 13.4. The van der Waals surface area contributed by atoms with Crippen molar-refractivity contribution in [3.63, 3.8) is 0 Å². The lowest BCUT2D eigenvalue weighted by Gasteiger charge is -2.38. The first-order valence-electron chi connectivity index (χ1n) is 9.85. The molecule has 0 saturated carbocycles. The monoisotopic (exact) mass is 405 g/mol. The van der Waals surface area contributed by atoms with Crippen molar-refractivity contribution in [1.82, 2.24) is 0 Å². The molecular weight excluding hydrogens is 371 g/mol. The van der Waals surface area contributed by atoms with Gasteiger partial charge in [-0.1, -0.05) is 18.2 Å². The Bertz CT molecular complexity index is 701. The molecule has 28 heavy (non-hydrogen) atoms. The van der Waals surface area contributed by atoms with E-state index < -0.39 is 19.3 Å². The predicted octanol–water partition coefficient (Wildman–Crippen LogP) is 5.59. The van der Waals surface area contributed by atoms with Crippen LogP contribution in [-0.2, 0) is 9.53 Å². The number of para-hydroxylation sites is 1. The highest BCUT2D eigenvalue weighted by Gasteiger charge is 2.49. The number of carbonyl (C=O) groups excluding carboxylic acids is 2. The van der Waals surface area contributed by atoms with Gasteiger partial charge in [0.05, 0.1) is 35.4 Å². The molecule has 154 valence electrons. The van der Waals surface area contributed by atoms with Crippen LogP contribution in [0.3, 0.4) is 0 Å². The van der Waals surface area contributed by atoms with E-state index in [9.17, 15) is 9.59 Å². The topological polar surface area (TPSA) is 70.5 Å². The van der Waals surface area contributed by atoms with Crippen LogP contribution in [-0.4, -0.2) is 47.6 Å². The molecule has 0 aromatic heterocycles. The van der Waals surface area contributed by atoms with E-state index in [4.69, 9.17) is 10.1 Å². The molecule has 0 aliphatic carbocycles. The number of ether oxygens (including phenoxy) is 1. The molecule has 1 N–H and O–H groups in total. The third-order valence-electron chi connectivity index (χ3n) is 5.39. The number of nitrogens with one attached hydrogen (secondary N) is 1. The number of hydrogen-bond acceptors (Lipinski definition) is 4. The number of imide groups is 1. The van der Waals surface area contributed by atoms with Crippen LogP contribution in [0.15, 0.2) is 35.9 Å². The summed E-state index contributed by atoms with van der Waals surface area (Å²) in [5.74, 6) is 1.84. The molecule has 0 heterocycles. The van der Waals surface area contributed by atoms with Gasteiger partial charge in [-0.2, -0.15) is 0 Å². The molecule has 0 aliphatic heterocycles. The maximum atomic E-state index is 13.4. The second kappa shape index (κ2) is 10.5. The number of amides is 2. The molecule has 1 aromatic carbocycles. The molecule has 6 heteroatoms. The van der Waals surface area contributed by atoms with E-state index in [1.54, 1.807) is 31.2 Å². The van der Waals surface area contributed by atoms with E-state index in [-0.39, 0.29) is 12.2 Å². The average Bonchev–Trinajstić information content (AvgIpc) is 2.63. The van der Waals surface area contributed by atoms with Gasteiger partial charge in [0.2, 0.25) is 0 Å². The van der Waals surface area contributed by atoms with Gasteiger partial charge in [-0.3, -0.25) is 10.2 Å². The zero-order valence-corrected chi connectivity index (χ0v) is 19.0. The minimum absolute atomic E-state index is 0.167. The first-order valence-corrected chi connectivity index (χ1v) is 12.0. The van der Waals surface area contributed by atoms with E-state index in [0.717, 1.165) is 4.90 Å². The molecule has 0 unspecified atom stereocenters. The molecule has 2 amide bonds. The van der Waals surface area contributed by atoms with Crippen molar-refractivity contribution in [3.05, 3.63) is 35.9 Å². The second-order valence-corrected chi connectivity index (χ2v) is 13.1. The summed E-state index contributed by atoms with van der Waals surface area (Å²) in [4.78, 5) is 26.9. The number of anilines is 1. The van der Waals surface area contributed by atoms with Gasteiger partial charge < -0.3 is 4.74 Å². The average molecular weight is 405 g/mol. The molecule has 5 nitrogen and oxygen atoms in total. The molecule has 1 rings (SSSR count). The standard InChI is InChI=1S/C22H34N2O3P/c1-8-27-22(26)24(20-12-10-9-11-13-20)21(25)19(14-23)15-28(16(2)3,17(4)5)18(6)7/h9-13,16-18,23H,8,15H2,1-7H3/q+1. The number of rotatable bonds is 8. The van der Waals surface area contributed by atoms with Crippen molar-refractivity contribution in [2.24, 2.45) is 0 Å². The Balaban J connectivity index is 3.40. The minimum atomic E-state index is -1.63. The molecule has 0 bridgehead atoms. The fourth-order valence-electron chi connectivity index (χ4n) is 3.98. The third kappa shape index (κ3) is 5.10. The van der Waals surface area contributed by atoms with E-state index in [1.165, 1.54) is 0 Å². The molecular formula is C22H34N2O3P+. The molecule has 0 fully saturated rings. The summed E-state index contributed by atoms with van der Waals surface area (Å²) in [5, 5.41) is 7.82. The van der Waals surface area contributed by atoms with Gasteiger partial charge in [-0.05, 0) is 66.5 Å². The number of benzene rings is 1. The highest BCUT2D eigenvalue weighted by atomic mass is 31.2. The largest absolute Gasteiger partial charge is 0.449 e. The molecule has 1 aromatic rings. The Hall–Kier alpha value is -1.96. The molecule has 0 atom stereocenters. The van der Waals surface area contributed by atoms with Crippen molar-refractivity contribution in [2.75, 3.05) is 17.7 Å². The lowest BCUT2D eigenvalue weighted by molar-refractivity contribution is -0.114. The van der Waals surface area contributed by atoms with Crippen LogP contribution < -0.4 is 4.90 Å². The Kier molecular flexibility index (Phi) is 9.07. The summed E-state index contributed by atoms with van der Waals surface area (Å²) in [7, 11) is -1.63. The van der Waals surface area contributed by atoms with Gasteiger partial charge >= 0.3 is 6.09 Å². The Morgan fingerprint density at radius 2 is 1.54 bits per heavy atom. The summed E-state index contributed by atoms with van der Waals surface area (Å²) >= 11 is 0. The molecule has 0 aliphatic rings. The molecule has 0 spiro atoms. The van der Waals surface area contributed by atoms with Crippen molar-refractivity contribution in [3.8, 4) is 0 Å². The van der Waals surface area contributed by atoms with Gasteiger partial charge in [0, 0.05) is 7.26 Å². The van der Waals surface area contributed by atoms with Gasteiger partial charge in [-0.15, -0.1) is 0 Å². The molecule has 0 saturated heterocycles. The Morgan fingerprint density at radius 1 is 1.04 bits per heavy atom. The third-order valence-corrected chi connectivity index (χ3v) is 12.0. The highest BCUT2D eigenvalue weighted by molar-refractivity contribution is 7.78. The maximum Gasteiger partial charge on any atom is 0.421 e. The Labute approximate surface area is 170 Å². The van der Waals surface area contributed by atoms with E-state index in [0.29, 0.717) is 28.8 Å². The van der Waals surface area contributed by atoms with Crippen molar-refractivity contribution >= 4 is 30.8 Å². The smallest absolute Gasteiger partial charge is 0.421 e. The van der Waals surface area contributed by atoms with E-state index in [1.807, 2.05) is 6.07 Å². The predicted molar refractivity (Wildman–Crippen MR) is 119 cm³/mol. The van der Waals surface area contributed by atoms with Crippen LogP contribution in [0.25, 0.3) is 0 Å². The Morgan fingerprint density at radius 3 is 1.93 bits per heavy atom. The number of hydrogen-bond donors (Lipinski definition) is 1. The van der Waals surface area contributed by atoms with Crippen LogP contribution >= 0.6 is 7.26 Å². The fraction of sp³-hybridized carbons (Fsp3) is 0.545. The van der Waals surface area contributed by atoms with Crippen molar-refractivity contribution < 1.29 is 14.3 Å². The van der Waals surface area contributed by atoms with Gasteiger partial charge in [-0.25, -0.2) is 9.69 Å². The lowest BCUT2D eigenvalue weighted by atomic mass is 10.2. The van der Waals surface area contributed by atoms with Crippen LogP contribution in [0.2, 0.25) is 0 Å². The van der Waals surface area contributed by atoms with Crippen LogP contribution in [0.5, 0.6) is 0 Å². The SMILES string of the molecule is CCOC(=O)N(C(=O)C(=C=N)C[P+](C(C)C)(C(C)C)C(C)C)c1ccccc1. The fourth-order valence-corrected chi connectivity index (χ4v) is 9.41.